The number of carbonyl (C=O) groups excluding carboxylic acids is 1. The van der Waals surface area contributed by atoms with Crippen molar-refractivity contribution in [3.8, 4) is 0 Å². The molecule has 0 aromatic rings. The zero-order chi connectivity index (χ0) is 13.0. The molecule has 0 aromatic carbocycles. The highest BCUT2D eigenvalue weighted by Gasteiger charge is 2.28. The maximum absolute atomic E-state index is 12.0. The lowest BCUT2D eigenvalue weighted by Gasteiger charge is -2.31. The summed E-state index contributed by atoms with van der Waals surface area (Å²) in [5, 5.41) is 3.13. The third kappa shape index (κ3) is 3.69. The van der Waals surface area contributed by atoms with Crippen molar-refractivity contribution in [1.82, 2.24) is 10.2 Å². The Hall–Kier alpha value is -0.610. The summed E-state index contributed by atoms with van der Waals surface area (Å²) in [7, 11) is 0. The maximum atomic E-state index is 12.0. The van der Waals surface area contributed by atoms with Crippen LogP contribution in [-0.4, -0.2) is 43.0 Å². The highest BCUT2D eigenvalue weighted by Crippen LogP contribution is 2.24. The van der Waals surface area contributed by atoms with Gasteiger partial charge in [-0.15, -0.1) is 0 Å². The first-order valence-corrected chi connectivity index (χ1v) is 7.44. The predicted molar refractivity (Wildman–Crippen MR) is 73.2 cm³/mol. The summed E-state index contributed by atoms with van der Waals surface area (Å²) in [6.45, 7) is 6.60. The molecule has 2 fully saturated rings. The normalized spacial score (nSPS) is 30.6. The van der Waals surface area contributed by atoms with Crippen LogP contribution in [0.5, 0.6) is 0 Å². The van der Waals surface area contributed by atoms with Crippen LogP contribution in [0.15, 0.2) is 0 Å². The van der Waals surface area contributed by atoms with Gasteiger partial charge < -0.3 is 16.0 Å². The van der Waals surface area contributed by atoms with E-state index < -0.39 is 0 Å². The van der Waals surface area contributed by atoms with Gasteiger partial charge in [0.2, 0.25) is 5.91 Å². The number of likely N-dealkylation sites (tertiary alicyclic amines) is 1. The summed E-state index contributed by atoms with van der Waals surface area (Å²) in [4.78, 5) is 14.5. The molecule has 1 aliphatic carbocycles. The molecule has 4 nitrogen and oxygen atoms in total. The third-order valence-corrected chi connectivity index (χ3v) is 4.56. The quantitative estimate of drug-likeness (QED) is 0.784. The van der Waals surface area contributed by atoms with Crippen molar-refractivity contribution in [3.05, 3.63) is 0 Å². The summed E-state index contributed by atoms with van der Waals surface area (Å²) in [5.41, 5.74) is 5.85. The Balaban J connectivity index is 1.64. The molecule has 104 valence electrons. The van der Waals surface area contributed by atoms with E-state index in [0.717, 1.165) is 32.4 Å². The second kappa shape index (κ2) is 6.53. The summed E-state index contributed by atoms with van der Waals surface area (Å²) in [6, 6.07) is 0.244. The van der Waals surface area contributed by atoms with E-state index in [1.165, 1.54) is 25.9 Å². The van der Waals surface area contributed by atoms with Crippen molar-refractivity contribution in [2.24, 2.45) is 17.6 Å². The lowest BCUT2D eigenvalue weighted by Crippen LogP contribution is -2.39. The van der Waals surface area contributed by atoms with E-state index >= 15 is 0 Å². The van der Waals surface area contributed by atoms with Crippen LogP contribution in [0, 0.1) is 11.8 Å². The van der Waals surface area contributed by atoms with E-state index in [1.54, 1.807) is 0 Å². The van der Waals surface area contributed by atoms with Crippen molar-refractivity contribution in [2.75, 3.05) is 26.2 Å². The Kier molecular flexibility index (Phi) is 5.01. The second-order valence-electron chi connectivity index (χ2n) is 5.89. The summed E-state index contributed by atoms with van der Waals surface area (Å²) in [6.07, 6.45) is 5.30. The van der Waals surface area contributed by atoms with Gasteiger partial charge in [-0.1, -0.05) is 6.92 Å². The smallest absolute Gasteiger partial charge is 0.223 e. The van der Waals surface area contributed by atoms with Crippen LogP contribution >= 0.6 is 0 Å². The fraction of sp³-hybridized carbons (Fsp3) is 0.929. The highest BCUT2D eigenvalue weighted by atomic mass is 16.1. The molecule has 0 bridgehead atoms. The van der Waals surface area contributed by atoms with Gasteiger partial charge >= 0.3 is 0 Å². The summed E-state index contributed by atoms with van der Waals surface area (Å²) in [5.74, 6) is 1.09. The average molecular weight is 253 g/mol. The van der Waals surface area contributed by atoms with Crippen LogP contribution in [0.1, 0.15) is 39.0 Å². The molecule has 0 spiro atoms. The van der Waals surface area contributed by atoms with Crippen LogP contribution in [0.2, 0.25) is 0 Å². The largest absolute Gasteiger partial charge is 0.356 e. The van der Waals surface area contributed by atoms with Gasteiger partial charge in [0.05, 0.1) is 0 Å². The SMILES string of the molecule is CCN1CCC(CNC(=O)C2CCC(N)C2)CC1. The summed E-state index contributed by atoms with van der Waals surface area (Å²) < 4.78 is 0. The van der Waals surface area contributed by atoms with Crippen molar-refractivity contribution in [2.45, 2.75) is 45.1 Å². The van der Waals surface area contributed by atoms with Crippen LogP contribution in [0.3, 0.4) is 0 Å². The number of hydrogen-bond acceptors (Lipinski definition) is 3. The molecule has 18 heavy (non-hydrogen) atoms. The zero-order valence-electron chi connectivity index (χ0n) is 11.5. The van der Waals surface area contributed by atoms with Crippen molar-refractivity contribution < 1.29 is 4.79 Å². The number of nitrogens with zero attached hydrogens (tertiary/aromatic N) is 1. The van der Waals surface area contributed by atoms with Crippen LogP contribution < -0.4 is 11.1 Å². The standard InChI is InChI=1S/C14H27N3O/c1-2-17-7-5-11(6-8-17)10-16-14(18)12-3-4-13(15)9-12/h11-13H,2-10,15H2,1H3,(H,16,18). The van der Waals surface area contributed by atoms with Crippen molar-refractivity contribution in [3.63, 3.8) is 0 Å². The number of carbonyl (C=O) groups is 1. The molecule has 1 saturated heterocycles. The first-order chi connectivity index (χ1) is 8.69. The van der Waals surface area contributed by atoms with Gasteiger partial charge in [0.1, 0.15) is 0 Å². The zero-order valence-corrected chi connectivity index (χ0v) is 11.5. The number of hydrogen-bond donors (Lipinski definition) is 2. The molecule has 0 aromatic heterocycles. The maximum Gasteiger partial charge on any atom is 0.223 e. The van der Waals surface area contributed by atoms with E-state index in [2.05, 4.69) is 17.1 Å². The lowest BCUT2D eigenvalue weighted by molar-refractivity contribution is -0.125. The van der Waals surface area contributed by atoms with Crippen LogP contribution in [0.25, 0.3) is 0 Å². The van der Waals surface area contributed by atoms with E-state index in [1.807, 2.05) is 0 Å². The number of amides is 1. The molecular weight excluding hydrogens is 226 g/mol. The molecule has 1 saturated carbocycles. The summed E-state index contributed by atoms with van der Waals surface area (Å²) >= 11 is 0. The van der Waals surface area contributed by atoms with E-state index in [4.69, 9.17) is 5.73 Å². The molecule has 2 atom stereocenters. The molecular formula is C14H27N3O. The van der Waals surface area contributed by atoms with Gasteiger partial charge in [-0.3, -0.25) is 4.79 Å². The minimum atomic E-state index is 0.177. The number of nitrogens with one attached hydrogen (secondary N) is 1. The Morgan fingerprint density at radius 3 is 2.56 bits per heavy atom. The van der Waals surface area contributed by atoms with E-state index in [-0.39, 0.29) is 17.9 Å². The Labute approximate surface area is 110 Å². The monoisotopic (exact) mass is 253 g/mol. The van der Waals surface area contributed by atoms with Crippen LogP contribution in [-0.2, 0) is 4.79 Å². The molecule has 1 aliphatic heterocycles. The lowest BCUT2D eigenvalue weighted by atomic mass is 9.96. The van der Waals surface area contributed by atoms with E-state index in [9.17, 15) is 4.79 Å². The molecule has 1 amide bonds. The van der Waals surface area contributed by atoms with Crippen molar-refractivity contribution in [1.29, 1.82) is 0 Å². The first-order valence-electron chi connectivity index (χ1n) is 7.44. The number of rotatable bonds is 4. The molecule has 4 heteroatoms. The first kappa shape index (κ1) is 13.8. The van der Waals surface area contributed by atoms with Gasteiger partial charge in [-0.05, 0) is 57.7 Å². The van der Waals surface area contributed by atoms with Gasteiger partial charge in [-0.2, -0.15) is 0 Å². The molecule has 2 rings (SSSR count). The number of piperidine rings is 1. The minimum Gasteiger partial charge on any atom is -0.356 e. The van der Waals surface area contributed by atoms with Gasteiger partial charge in [0, 0.05) is 18.5 Å². The van der Waals surface area contributed by atoms with E-state index in [0.29, 0.717) is 5.92 Å². The fourth-order valence-electron chi connectivity index (χ4n) is 3.15. The topological polar surface area (TPSA) is 58.4 Å². The van der Waals surface area contributed by atoms with Gasteiger partial charge in [0.15, 0.2) is 0 Å². The Morgan fingerprint density at radius 2 is 2.00 bits per heavy atom. The molecule has 2 unspecified atom stereocenters. The average Bonchev–Trinajstić information content (AvgIpc) is 2.83. The third-order valence-electron chi connectivity index (χ3n) is 4.56. The highest BCUT2D eigenvalue weighted by molar-refractivity contribution is 5.78. The molecule has 3 N–H and O–H groups in total. The van der Waals surface area contributed by atoms with Gasteiger partial charge in [0.25, 0.3) is 0 Å². The Bertz CT molecular complexity index is 274. The molecule has 2 aliphatic rings. The Morgan fingerprint density at radius 1 is 1.28 bits per heavy atom. The second-order valence-corrected chi connectivity index (χ2v) is 5.89. The minimum absolute atomic E-state index is 0.177. The predicted octanol–water partition coefficient (Wildman–Crippen LogP) is 0.962. The fourth-order valence-corrected chi connectivity index (χ4v) is 3.15. The van der Waals surface area contributed by atoms with Crippen LogP contribution in [0.4, 0.5) is 0 Å². The van der Waals surface area contributed by atoms with Crippen molar-refractivity contribution >= 4 is 5.91 Å². The van der Waals surface area contributed by atoms with Gasteiger partial charge in [-0.25, -0.2) is 0 Å². The molecule has 0 radical (unpaired) electrons. The molecule has 1 heterocycles. The number of nitrogens with two attached hydrogens (primary N) is 1.